The molecule has 20 aromatic rings. The third-order valence-corrected chi connectivity index (χ3v) is 28.2. The van der Waals surface area contributed by atoms with E-state index in [2.05, 4.69) is 215 Å². The first-order chi connectivity index (χ1) is 64.8. The minimum Gasteiger partial charge on any atom is -0.309 e. The monoisotopic (exact) mass is 1730 g/mol. The first kappa shape index (κ1) is 85.7. The highest BCUT2D eigenvalue weighted by molar-refractivity contribution is 6.34. The van der Waals surface area contributed by atoms with E-state index in [1.807, 2.05) is 49.6 Å². The van der Waals surface area contributed by atoms with E-state index in [-0.39, 0.29) is 0 Å². The predicted molar refractivity (Wildman–Crippen MR) is 544 cm³/mol. The minimum atomic E-state index is 0.658. The van der Waals surface area contributed by atoms with Crippen molar-refractivity contribution in [2.45, 2.75) is 214 Å². The number of hydrogen-bond acceptors (Lipinski definition) is 20. The fourth-order valence-electron chi connectivity index (χ4n) is 22.2. The molecule has 0 N–H and O–H groups in total. The third-order valence-electron chi connectivity index (χ3n) is 28.2. The molecule has 0 aliphatic heterocycles. The molecule has 12 aromatic carbocycles. The molecule has 20 heteroatoms. The van der Waals surface area contributed by atoms with Gasteiger partial charge in [-0.25, -0.2) is 79.7 Å². The lowest BCUT2D eigenvalue weighted by Crippen LogP contribution is -2.22. The van der Waals surface area contributed by atoms with E-state index in [1.54, 1.807) is 50.6 Å². The Morgan fingerprint density at radius 2 is 0.303 bits per heavy atom. The Morgan fingerprint density at radius 3 is 0.424 bits per heavy atom. The van der Waals surface area contributed by atoms with Gasteiger partial charge in [-0.05, 0) is 252 Å². The lowest BCUT2D eigenvalue weighted by atomic mass is 9.86. The normalized spacial score (nSPS) is 12.0. The summed E-state index contributed by atoms with van der Waals surface area (Å²) < 4.78 is 0. The summed E-state index contributed by atoms with van der Waals surface area (Å²) >= 11 is 0. The van der Waals surface area contributed by atoms with Gasteiger partial charge >= 0.3 is 0 Å². The van der Waals surface area contributed by atoms with Gasteiger partial charge in [0.05, 0.1) is 112 Å². The van der Waals surface area contributed by atoms with Crippen molar-refractivity contribution >= 4 is 188 Å². The minimum absolute atomic E-state index is 0.658. The molecule has 0 saturated carbocycles. The van der Waals surface area contributed by atoms with Gasteiger partial charge in [0.15, 0.2) is 0 Å². The van der Waals surface area contributed by atoms with Crippen LogP contribution in [0.25, 0.3) is 120 Å². The van der Waals surface area contributed by atoms with Crippen molar-refractivity contribution in [3.8, 4) is 0 Å². The maximum absolute atomic E-state index is 5.15. The van der Waals surface area contributed by atoms with Gasteiger partial charge in [0.1, 0.15) is 50.6 Å². The molecule has 0 radical (unpaired) electrons. The van der Waals surface area contributed by atoms with E-state index >= 15 is 0 Å². The molecule has 0 unspecified atom stereocenters. The van der Waals surface area contributed by atoms with Gasteiger partial charge in [-0.3, -0.25) is 0 Å². The molecule has 0 aliphatic rings. The van der Waals surface area contributed by atoms with E-state index in [1.165, 1.54) is 0 Å². The van der Waals surface area contributed by atoms with Crippen molar-refractivity contribution in [3.05, 3.63) is 274 Å². The Kier molecular flexibility index (Phi) is 23.0. The molecular weight excluding hydrogens is 1630 g/mol. The smallest absolute Gasteiger partial charge is 0.116 e. The molecule has 0 atom stereocenters. The Morgan fingerprint density at radius 1 is 0.167 bits per heavy atom. The standard InChI is InChI=1S/C112H110N20/c1-17-63-37-91-83(47-113-55-121-91)71(25-9)105(63)129(106-64(18-2)38-92-84(72(106)26-10)48-114-56-122-92)99-45-100(130(107-65(19-3)39-93-85(73(107)27-11)49-115-57-123-93)108-66(20-4)40-94-86(74(108)28-12)50-116-58-124-94)80-35-36-82-102(132(111-69(23-7)43-97-89(77(111)31-15)53-119-61-127-97)112-70(24-8)44-98-90(78(112)32-16)54-120-62-128-98)46-101(81-34-33-79(99)103(80)104(81)82)131(109-67(21-5)41-95-87(75(109)29-13)51-117-59-125-95)110-68(22-6)42-96-88(76(110)30-14)52-118-60-126-96/h33-62H,17-32H2,1-16H3. The summed E-state index contributed by atoms with van der Waals surface area (Å²) in [6.07, 6.45) is 40.6. The molecule has 132 heavy (non-hydrogen) atoms. The van der Waals surface area contributed by atoms with Crippen LogP contribution in [-0.2, 0) is 103 Å². The van der Waals surface area contributed by atoms with Crippen molar-refractivity contribution in [1.82, 2.24) is 79.7 Å². The second kappa shape index (κ2) is 35.5. The average Bonchev–Trinajstić information content (AvgIpc) is 0.685. The third kappa shape index (κ3) is 13.5. The number of fused-ring (bicyclic) bond motifs is 8. The zero-order valence-electron chi connectivity index (χ0n) is 78.6. The summed E-state index contributed by atoms with van der Waals surface area (Å²) in [6, 6.07) is 33.9. The number of anilines is 12. The quantitative estimate of drug-likeness (QED) is 0.0416. The Bertz CT molecular complexity index is 6700. The second-order valence-electron chi connectivity index (χ2n) is 34.4. The number of hydrogen-bond donors (Lipinski definition) is 0. The predicted octanol–water partition coefficient (Wildman–Crippen LogP) is 27.0. The number of benzene rings is 12. The van der Waals surface area contributed by atoms with E-state index in [9.17, 15) is 0 Å². The Hall–Kier alpha value is -14.4. The van der Waals surface area contributed by atoms with Crippen molar-refractivity contribution < 1.29 is 0 Å². The molecule has 0 amide bonds. The van der Waals surface area contributed by atoms with Crippen LogP contribution < -0.4 is 19.6 Å². The summed E-state index contributed by atoms with van der Waals surface area (Å²) in [4.78, 5) is 91.5. The van der Waals surface area contributed by atoms with Crippen LogP contribution in [0.1, 0.15) is 200 Å². The van der Waals surface area contributed by atoms with Crippen LogP contribution in [0.2, 0.25) is 0 Å². The van der Waals surface area contributed by atoms with Crippen LogP contribution in [-0.4, -0.2) is 79.7 Å². The molecule has 0 bridgehead atoms. The van der Waals surface area contributed by atoms with Gasteiger partial charge in [-0.1, -0.05) is 135 Å². The molecule has 8 aromatic heterocycles. The summed E-state index contributed by atoms with van der Waals surface area (Å²) in [5.74, 6) is 0. The molecule has 658 valence electrons. The first-order valence-electron chi connectivity index (χ1n) is 47.8. The first-order valence-corrected chi connectivity index (χ1v) is 47.8. The zero-order valence-corrected chi connectivity index (χ0v) is 78.6. The topological polar surface area (TPSA) is 219 Å². The van der Waals surface area contributed by atoms with E-state index in [4.69, 9.17) is 79.7 Å². The molecular formula is C112H110N20. The van der Waals surface area contributed by atoms with Gasteiger partial charge in [0, 0.05) is 125 Å². The Labute approximate surface area is 770 Å². The number of rotatable bonds is 28. The van der Waals surface area contributed by atoms with Crippen LogP contribution >= 0.6 is 0 Å². The zero-order chi connectivity index (χ0) is 91.0. The summed E-state index contributed by atoms with van der Waals surface area (Å²) in [5.41, 5.74) is 38.2. The van der Waals surface area contributed by atoms with Gasteiger partial charge in [0.2, 0.25) is 0 Å². The van der Waals surface area contributed by atoms with Crippen LogP contribution in [0.15, 0.2) is 185 Å². The molecule has 20 nitrogen and oxygen atoms in total. The summed E-state index contributed by atoms with van der Waals surface area (Å²) in [7, 11) is 0. The second-order valence-corrected chi connectivity index (χ2v) is 34.4. The maximum atomic E-state index is 5.15. The lowest BCUT2D eigenvalue weighted by molar-refractivity contribution is 1.03. The van der Waals surface area contributed by atoms with Crippen molar-refractivity contribution in [2.75, 3.05) is 19.6 Å². The number of nitrogens with zero attached hydrogens (tertiary/aromatic N) is 20. The number of aryl methyl sites for hydroxylation is 16. The molecule has 0 spiro atoms. The number of aromatic nitrogens is 16. The average molecular weight is 1740 g/mol. The highest BCUT2D eigenvalue weighted by atomic mass is 15.2. The highest BCUT2D eigenvalue weighted by Crippen LogP contribution is 2.61. The van der Waals surface area contributed by atoms with E-state index < -0.39 is 0 Å². The van der Waals surface area contributed by atoms with Crippen LogP contribution in [0.5, 0.6) is 0 Å². The lowest BCUT2D eigenvalue weighted by Gasteiger charge is -2.39. The molecule has 0 saturated heterocycles. The fourth-order valence-corrected chi connectivity index (χ4v) is 22.2. The SMILES string of the molecule is CCc1cc2ncncc2c(CC)c1N(c1c(CC)cc2ncncc2c1CC)c1cc(N(c2c(CC)cc3ncncc3c2CC)c2c(CC)cc3ncncc3c2CC)c2ccc3c(N(c4c(CC)cc5ncncc5c4CC)c4c(CC)cc5ncncc5c4CC)cc(N(c4c(CC)cc5ncncc5c4CC)c4c(CC)cc5ncncc5c4CC)c4ccc1c2c43. The fraction of sp³-hybridized carbons (Fsp3) is 0.286. The van der Waals surface area contributed by atoms with Crippen LogP contribution in [0.4, 0.5) is 68.2 Å². The van der Waals surface area contributed by atoms with Crippen LogP contribution in [0.3, 0.4) is 0 Å². The molecule has 8 heterocycles. The van der Waals surface area contributed by atoms with Gasteiger partial charge in [-0.2, -0.15) is 0 Å². The molecule has 0 fully saturated rings. The maximum Gasteiger partial charge on any atom is 0.116 e. The van der Waals surface area contributed by atoms with Gasteiger partial charge in [-0.15, -0.1) is 0 Å². The van der Waals surface area contributed by atoms with E-state index in [0.29, 0.717) is 103 Å². The molecule has 20 rings (SSSR count). The summed E-state index contributed by atoms with van der Waals surface area (Å²) in [6.45, 7) is 36.9. The van der Waals surface area contributed by atoms with Crippen LogP contribution in [0, 0.1) is 0 Å². The van der Waals surface area contributed by atoms with Crippen molar-refractivity contribution in [2.24, 2.45) is 0 Å². The van der Waals surface area contributed by atoms with Crippen molar-refractivity contribution in [1.29, 1.82) is 0 Å². The van der Waals surface area contributed by atoms with Gasteiger partial charge < -0.3 is 19.6 Å². The van der Waals surface area contributed by atoms with E-state index in [0.717, 1.165) is 277 Å². The summed E-state index contributed by atoms with van der Waals surface area (Å²) in [5, 5.41) is 14.3. The highest BCUT2D eigenvalue weighted by Gasteiger charge is 2.39. The molecule has 0 aliphatic carbocycles. The largest absolute Gasteiger partial charge is 0.309 e. The van der Waals surface area contributed by atoms with Gasteiger partial charge in [0.25, 0.3) is 0 Å². The van der Waals surface area contributed by atoms with Crippen molar-refractivity contribution in [3.63, 3.8) is 0 Å². The Balaban J connectivity index is 1.12.